The number of nitrogens with one attached hydrogen (secondary N) is 1. The van der Waals surface area contributed by atoms with Crippen molar-refractivity contribution in [3.8, 4) is 0 Å². The van der Waals surface area contributed by atoms with E-state index in [-0.39, 0.29) is 18.1 Å². The number of carbonyl (C=O) groups excluding carboxylic acids is 2. The molecule has 2 fully saturated rings. The van der Waals surface area contributed by atoms with Gasteiger partial charge in [0.15, 0.2) is 0 Å². The van der Waals surface area contributed by atoms with Crippen LogP contribution < -0.4 is 5.32 Å². The number of piperidine rings is 1. The molecule has 2 amide bonds. The highest BCUT2D eigenvalue weighted by atomic mass is 16.6. The molecule has 2 atom stereocenters. The Kier molecular flexibility index (Phi) is 6.90. The maximum Gasteiger partial charge on any atom is 0.410 e. The molecule has 2 aliphatic rings. The lowest BCUT2D eigenvalue weighted by Crippen LogP contribution is -2.43. The van der Waals surface area contributed by atoms with Crippen LogP contribution in [-0.2, 0) is 14.3 Å². The van der Waals surface area contributed by atoms with E-state index in [0.29, 0.717) is 18.9 Å². The average Bonchev–Trinajstić information content (AvgIpc) is 2.98. The largest absolute Gasteiger partial charge is 0.444 e. The van der Waals surface area contributed by atoms with Gasteiger partial charge in [0.25, 0.3) is 0 Å². The second kappa shape index (κ2) is 8.70. The summed E-state index contributed by atoms with van der Waals surface area (Å²) in [6.45, 7) is 8.58. The Morgan fingerprint density at radius 3 is 2.71 bits per heavy atom. The molecular weight excluding hydrogens is 308 g/mol. The molecule has 6 heteroatoms. The topological polar surface area (TPSA) is 67.9 Å². The third-order valence-corrected chi connectivity index (χ3v) is 4.48. The fourth-order valence-electron chi connectivity index (χ4n) is 3.29. The van der Waals surface area contributed by atoms with Gasteiger partial charge >= 0.3 is 6.09 Å². The summed E-state index contributed by atoms with van der Waals surface area (Å²) in [4.78, 5) is 25.8. The van der Waals surface area contributed by atoms with Gasteiger partial charge in [0.2, 0.25) is 5.91 Å². The van der Waals surface area contributed by atoms with Gasteiger partial charge in [0, 0.05) is 26.2 Å². The Morgan fingerprint density at radius 2 is 2.04 bits per heavy atom. The molecule has 0 aromatic rings. The Hall–Kier alpha value is -1.30. The molecule has 0 aromatic carbocycles. The minimum absolute atomic E-state index is 0.0710. The summed E-state index contributed by atoms with van der Waals surface area (Å²) in [5.41, 5.74) is -0.458. The van der Waals surface area contributed by atoms with Crippen LogP contribution in [0.15, 0.2) is 0 Å². The molecule has 138 valence electrons. The van der Waals surface area contributed by atoms with E-state index in [9.17, 15) is 9.59 Å². The number of amides is 2. The van der Waals surface area contributed by atoms with Crippen molar-refractivity contribution in [3.05, 3.63) is 0 Å². The smallest absolute Gasteiger partial charge is 0.410 e. The molecule has 2 aliphatic heterocycles. The summed E-state index contributed by atoms with van der Waals surface area (Å²) < 4.78 is 10.9. The molecule has 6 nitrogen and oxygen atoms in total. The van der Waals surface area contributed by atoms with Gasteiger partial charge in [-0.05, 0) is 58.8 Å². The normalized spacial score (nSPS) is 24.7. The van der Waals surface area contributed by atoms with E-state index in [2.05, 4.69) is 5.32 Å². The van der Waals surface area contributed by atoms with Crippen molar-refractivity contribution in [2.75, 3.05) is 26.2 Å². The number of rotatable bonds is 5. The van der Waals surface area contributed by atoms with Crippen molar-refractivity contribution in [2.24, 2.45) is 5.92 Å². The van der Waals surface area contributed by atoms with Crippen LogP contribution in [-0.4, -0.2) is 54.8 Å². The van der Waals surface area contributed by atoms with E-state index in [1.165, 1.54) is 0 Å². The molecule has 0 spiro atoms. The van der Waals surface area contributed by atoms with E-state index in [1.54, 1.807) is 4.90 Å². The zero-order valence-electron chi connectivity index (χ0n) is 15.3. The first-order chi connectivity index (χ1) is 11.3. The molecule has 0 unspecified atom stereocenters. The van der Waals surface area contributed by atoms with Gasteiger partial charge in [-0.2, -0.15) is 0 Å². The fraction of sp³-hybridized carbons (Fsp3) is 0.889. The monoisotopic (exact) mass is 340 g/mol. The lowest BCUT2D eigenvalue weighted by Gasteiger charge is -2.34. The number of ether oxygens (including phenoxy) is 2. The predicted octanol–water partition coefficient (Wildman–Crippen LogP) is 2.71. The Balaban J connectivity index is 1.65. The van der Waals surface area contributed by atoms with Crippen molar-refractivity contribution in [3.63, 3.8) is 0 Å². The van der Waals surface area contributed by atoms with Gasteiger partial charge in [-0.1, -0.05) is 0 Å². The summed E-state index contributed by atoms with van der Waals surface area (Å²) in [6.07, 6.45) is 5.37. The van der Waals surface area contributed by atoms with E-state index < -0.39 is 5.60 Å². The summed E-state index contributed by atoms with van der Waals surface area (Å²) in [5.74, 6) is 0.496. The standard InChI is InChI=1S/C18H32N2O4/c1-18(2,3)24-17(22)20-10-4-6-14(13-20)8-9-19-16(21)12-15-7-5-11-23-15/h14-15H,4-13H2,1-3H3,(H,19,21)/t14-,15+/m0/s1. The first-order valence-corrected chi connectivity index (χ1v) is 9.20. The van der Waals surface area contributed by atoms with Gasteiger partial charge in [-0.15, -0.1) is 0 Å². The van der Waals surface area contributed by atoms with E-state index in [0.717, 1.165) is 51.8 Å². The van der Waals surface area contributed by atoms with Crippen molar-refractivity contribution < 1.29 is 19.1 Å². The summed E-state index contributed by atoms with van der Waals surface area (Å²) in [6, 6.07) is 0. The number of likely N-dealkylation sites (tertiary alicyclic amines) is 1. The number of carbonyl (C=O) groups is 2. The highest BCUT2D eigenvalue weighted by Crippen LogP contribution is 2.21. The molecule has 0 aliphatic carbocycles. The van der Waals surface area contributed by atoms with E-state index in [4.69, 9.17) is 9.47 Å². The number of nitrogens with zero attached hydrogens (tertiary/aromatic N) is 1. The maximum atomic E-state index is 12.2. The third-order valence-electron chi connectivity index (χ3n) is 4.48. The summed E-state index contributed by atoms with van der Waals surface area (Å²) in [5, 5.41) is 2.99. The SMILES string of the molecule is CC(C)(C)OC(=O)N1CCC[C@@H](CCNC(=O)C[C@H]2CCCO2)C1. The van der Waals surface area contributed by atoms with Gasteiger partial charge < -0.3 is 19.7 Å². The van der Waals surface area contributed by atoms with Crippen molar-refractivity contribution in [1.29, 1.82) is 0 Å². The van der Waals surface area contributed by atoms with Crippen LogP contribution in [0.25, 0.3) is 0 Å². The molecular formula is C18H32N2O4. The fourth-order valence-corrected chi connectivity index (χ4v) is 3.29. The molecule has 0 saturated carbocycles. The highest BCUT2D eigenvalue weighted by Gasteiger charge is 2.27. The number of hydrogen-bond acceptors (Lipinski definition) is 4. The Bertz CT molecular complexity index is 427. The summed E-state index contributed by atoms with van der Waals surface area (Å²) >= 11 is 0. The third kappa shape index (κ3) is 6.67. The van der Waals surface area contributed by atoms with Crippen LogP contribution in [0.3, 0.4) is 0 Å². The van der Waals surface area contributed by atoms with Crippen LogP contribution in [0, 0.1) is 5.92 Å². The molecule has 0 aromatic heterocycles. The lowest BCUT2D eigenvalue weighted by atomic mass is 9.95. The molecule has 24 heavy (non-hydrogen) atoms. The minimum atomic E-state index is -0.458. The van der Waals surface area contributed by atoms with Crippen molar-refractivity contribution in [2.45, 2.75) is 71.0 Å². The van der Waals surface area contributed by atoms with Gasteiger partial charge in [0.1, 0.15) is 5.60 Å². The van der Waals surface area contributed by atoms with Gasteiger partial charge in [-0.25, -0.2) is 4.79 Å². The molecule has 2 rings (SSSR count). The molecule has 0 bridgehead atoms. The zero-order chi connectivity index (χ0) is 17.6. The molecule has 2 heterocycles. The quantitative estimate of drug-likeness (QED) is 0.835. The summed E-state index contributed by atoms with van der Waals surface area (Å²) in [7, 11) is 0. The van der Waals surface area contributed by atoms with Crippen LogP contribution in [0.2, 0.25) is 0 Å². The predicted molar refractivity (Wildman–Crippen MR) is 91.7 cm³/mol. The molecule has 2 saturated heterocycles. The average molecular weight is 340 g/mol. The van der Waals surface area contributed by atoms with Crippen molar-refractivity contribution in [1.82, 2.24) is 10.2 Å². The van der Waals surface area contributed by atoms with Crippen LogP contribution in [0.4, 0.5) is 4.79 Å². The second-order valence-electron chi connectivity index (χ2n) is 7.91. The molecule has 0 radical (unpaired) electrons. The molecule has 1 N–H and O–H groups in total. The van der Waals surface area contributed by atoms with Gasteiger partial charge in [0.05, 0.1) is 12.5 Å². The van der Waals surface area contributed by atoms with Gasteiger partial charge in [-0.3, -0.25) is 4.79 Å². The Labute approximate surface area is 145 Å². The first-order valence-electron chi connectivity index (χ1n) is 9.20. The second-order valence-corrected chi connectivity index (χ2v) is 7.91. The maximum absolute atomic E-state index is 12.2. The van der Waals surface area contributed by atoms with Crippen LogP contribution in [0.1, 0.15) is 59.3 Å². The first kappa shape index (κ1) is 19.0. The van der Waals surface area contributed by atoms with Crippen LogP contribution in [0.5, 0.6) is 0 Å². The number of hydrogen-bond donors (Lipinski definition) is 1. The highest BCUT2D eigenvalue weighted by molar-refractivity contribution is 5.76. The minimum Gasteiger partial charge on any atom is -0.444 e. The lowest BCUT2D eigenvalue weighted by molar-refractivity contribution is -0.123. The van der Waals surface area contributed by atoms with E-state index >= 15 is 0 Å². The van der Waals surface area contributed by atoms with Crippen molar-refractivity contribution >= 4 is 12.0 Å². The zero-order valence-corrected chi connectivity index (χ0v) is 15.3. The van der Waals surface area contributed by atoms with Crippen LogP contribution >= 0.6 is 0 Å². The Morgan fingerprint density at radius 1 is 1.25 bits per heavy atom. The van der Waals surface area contributed by atoms with E-state index in [1.807, 2.05) is 20.8 Å².